The normalized spacial score (nSPS) is 35.2. The van der Waals surface area contributed by atoms with Crippen molar-refractivity contribution in [2.45, 2.75) is 46.5 Å². The van der Waals surface area contributed by atoms with Gasteiger partial charge in [0.25, 0.3) is 0 Å². The van der Waals surface area contributed by atoms with Crippen LogP contribution in [0.25, 0.3) is 0 Å². The van der Waals surface area contributed by atoms with Gasteiger partial charge in [-0.25, -0.2) is 0 Å². The first-order valence-electron chi connectivity index (χ1n) is 6.95. The average Bonchev–Trinajstić information content (AvgIpc) is 2.63. The van der Waals surface area contributed by atoms with Gasteiger partial charge in [0, 0.05) is 0 Å². The first kappa shape index (κ1) is 12.5. The Kier molecular flexibility index (Phi) is 4.04. The molecule has 0 aromatic rings. The summed E-state index contributed by atoms with van der Waals surface area (Å²) in [4.78, 5) is 0. The second-order valence-electron chi connectivity index (χ2n) is 6.27. The van der Waals surface area contributed by atoms with Gasteiger partial charge in [-0.05, 0) is 0 Å². The Labute approximate surface area is 110 Å². The third-order valence-electron chi connectivity index (χ3n) is 4.64. The van der Waals surface area contributed by atoms with Crippen LogP contribution in [0.4, 0.5) is 0 Å². The molecule has 0 saturated heterocycles. The third-order valence-corrected chi connectivity index (χ3v) is 4.64. The van der Waals surface area contributed by atoms with Crippen molar-refractivity contribution in [3.63, 3.8) is 0 Å². The molecule has 0 radical (unpaired) electrons. The van der Waals surface area contributed by atoms with E-state index in [1.807, 2.05) is 0 Å². The van der Waals surface area contributed by atoms with Gasteiger partial charge in [0.2, 0.25) is 0 Å². The second kappa shape index (κ2) is 5.15. The van der Waals surface area contributed by atoms with Gasteiger partial charge in [-0.3, -0.25) is 0 Å². The molecule has 0 heterocycles. The van der Waals surface area contributed by atoms with Crippen molar-refractivity contribution < 1.29 is 0 Å². The van der Waals surface area contributed by atoms with Crippen LogP contribution >= 0.6 is 0 Å². The van der Waals surface area contributed by atoms with Gasteiger partial charge in [0.15, 0.2) is 0 Å². The van der Waals surface area contributed by atoms with E-state index in [1.54, 1.807) is 9.82 Å². The van der Waals surface area contributed by atoms with Crippen molar-refractivity contribution in [2.75, 3.05) is 0 Å². The number of rotatable bonds is 2. The molecule has 0 nitrogen and oxygen atoms in total. The van der Waals surface area contributed by atoms with E-state index in [9.17, 15) is 0 Å². The first-order chi connectivity index (χ1) is 7.59. The minimum absolute atomic E-state index is 0.840. The second-order valence-corrected chi connectivity index (χ2v) is 6.27. The molecule has 0 N–H and O–H groups in total. The zero-order valence-electron chi connectivity index (χ0n) is 11.3. The van der Waals surface area contributed by atoms with E-state index in [-0.39, 0.29) is 0 Å². The van der Waals surface area contributed by atoms with Crippen LogP contribution < -0.4 is 0 Å². The molecule has 3 atom stereocenters. The molecule has 3 unspecified atom stereocenters. The monoisotopic (exact) mass is 210 g/mol. The molecule has 2 aliphatic carbocycles. The topological polar surface area (TPSA) is 0 Å². The van der Waals surface area contributed by atoms with Gasteiger partial charge in [0.05, 0.1) is 0 Å². The van der Waals surface area contributed by atoms with Crippen LogP contribution in [-0.2, 0) is 0 Å². The van der Waals surface area contributed by atoms with E-state index in [2.05, 4.69) is 50.6 Å². The standard InChI is InChI=1S/C15H23.Li/c1-11(2)14-9-8-12(3)10-15(14)13-6-4-5-7-13;/h4,6,11-12,14-15H,5,8-10H2,1-3H3;. The molecule has 0 spiro atoms. The van der Waals surface area contributed by atoms with Gasteiger partial charge in [-0.15, -0.1) is 0 Å². The van der Waals surface area contributed by atoms with Crippen molar-refractivity contribution in [2.24, 2.45) is 23.7 Å². The predicted octanol–water partition coefficient (Wildman–Crippen LogP) is 4.08. The van der Waals surface area contributed by atoms with Gasteiger partial charge in [0.1, 0.15) is 0 Å². The van der Waals surface area contributed by atoms with E-state index in [0.29, 0.717) is 0 Å². The van der Waals surface area contributed by atoms with Crippen LogP contribution in [0.1, 0.15) is 46.5 Å². The summed E-state index contributed by atoms with van der Waals surface area (Å²) in [6, 6.07) is 0. The van der Waals surface area contributed by atoms with Crippen LogP contribution in [0.3, 0.4) is 0 Å². The summed E-state index contributed by atoms with van der Waals surface area (Å²) in [7, 11) is 0. The fourth-order valence-corrected chi connectivity index (χ4v) is 3.62. The minimum atomic E-state index is 0.840. The molecule has 1 fully saturated rings. The molecule has 0 amide bonds. The van der Waals surface area contributed by atoms with E-state index in [1.165, 1.54) is 25.7 Å². The Balaban J connectivity index is 2.20. The molecular formula is C15H23Li. The Morgan fingerprint density at radius 1 is 1.31 bits per heavy atom. The Morgan fingerprint density at radius 3 is 2.62 bits per heavy atom. The SMILES string of the molecule is [Li][C]1=C(C2CC(C)CCC2C(C)C)C=CC1. The number of allylic oxidation sites excluding steroid dienone is 4. The summed E-state index contributed by atoms with van der Waals surface area (Å²) in [5.74, 6) is 3.53. The Hall–Kier alpha value is 0.0774. The van der Waals surface area contributed by atoms with Gasteiger partial charge >= 0.3 is 110 Å². The summed E-state index contributed by atoms with van der Waals surface area (Å²) in [6.45, 7) is 7.24. The zero-order valence-corrected chi connectivity index (χ0v) is 11.3. The Morgan fingerprint density at radius 2 is 2.06 bits per heavy atom. The first-order valence-corrected chi connectivity index (χ1v) is 6.95. The molecule has 0 bridgehead atoms. The van der Waals surface area contributed by atoms with Crippen molar-refractivity contribution >= 4 is 17.7 Å². The van der Waals surface area contributed by atoms with Crippen LogP contribution in [0, 0.1) is 23.7 Å². The summed E-state index contributed by atoms with van der Waals surface area (Å²) >= 11 is 2.33. The van der Waals surface area contributed by atoms with Gasteiger partial charge in [-0.2, -0.15) is 0 Å². The molecule has 84 valence electrons. The zero-order chi connectivity index (χ0) is 11.7. The third kappa shape index (κ3) is 2.49. The summed E-state index contributed by atoms with van der Waals surface area (Å²) < 4.78 is 1.63. The summed E-state index contributed by atoms with van der Waals surface area (Å²) in [6.07, 6.45) is 10.3. The molecule has 0 aliphatic heterocycles. The number of hydrogen-bond donors (Lipinski definition) is 0. The quantitative estimate of drug-likeness (QED) is 0.602. The molecule has 0 aromatic heterocycles. The molecule has 2 rings (SSSR count). The van der Waals surface area contributed by atoms with Gasteiger partial charge in [-0.1, -0.05) is 0 Å². The van der Waals surface area contributed by atoms with Crippen LogP contribution in [0.15, 0.2) is 22.0 Å². The van der Waals surface area contributed by atoms with Crippen LogP contribution in [-0.4, -0.2) is 17.7 Å². The van der Waals surface area contributed by atoms with Gasteiger partial charge < -0.3 is 0 Å². The summed E-state index contributed by atoms with van der Waals surface area (Å²) in [5.41, 5.74) is 1.69. The van der Waals surface area contributed by atoms with E-state index < -0.39 is 0 Å². The van der Waals surface area contributed by atoms with E-state index in [4.69, 9.17) is 0 Å². The van der Waals surface area contributed by atoms with Crippen molar-refractivity contribution in [1.29, 1.82) is 0 Å². The molecule has 2 aliphatic rings. The average molecular weight is 210 g/mol. The van der Waals surface area contributed by atoms with Crippen molar-refractivity contribution in [1.82, 2.24) is 0 Å². The van der Waals surface area contributed by atoms with E-state index in [0.717, 1.165) is 23.7 Å². The van der Waals surface area contributed by atoms with Crippen LogP contribution in [0.5, 0.6) is 0 Å². The molecule has 16 heavy (non-hydrogen) atoms. The van der Waals surface area contributed by atoms with Crippen molar-refractivity contribution in [3.8, 4) is 0 Å². The summed E-state index contributed by atoms with van der Waals surface area (Å²) in [5, 5.41) is 0. The van der Waals surface area contributed by atoms with Crippen molar-refractivity contribution in [3.05, 3.63) is 22.0 Å². The molecular weight excluding hydrogens is 187 g/mol. The predicted molar refractivity (Wildman–Crippen MR) is 71.4 cm³/mol. The molecule has 0 aromatic carbocycles. The fraction of sp³-hybridized carbons (Fsp3) is 0.733. The Bertz CT molecular complexity index is 311. The maximum absolute atomic E-state index is 2.43. The molecule has 1 saturated carbocycles. The number of hydrogen-bond acceptors (Lipinski definition) is 0. The van der Waals surface area contributed by atoms with Crippen LogP contribution in [0.2, 0.25) is 0 Å². The molecule has 1 heteroatoms. The maximum atomic E-state index is 2.43. The van der Waals surface area contributed by atoms with E-state index >= 15 is 0 Å². The fourth-order valence-electron chi connectivity index (χ4n) is 3.62.